The first-order valence-corrected chi connectivity index (χ1v) is 9.90. The van der Waals surface area contributed by atoms with Crippen molar-refractivity contribution in [3.63, 3.8) is 0 Å². The van der Waals surface area contributed by atoms with Crippen LogP contribution in [0.4, 0.5) is 11.4 Å². The molecule has 0 radical (unpaired) electrons. The monoisotopic (exact) mass is 366 g/mol. The summed E-state index contributed by atoms with van der Waals surface area (Å²) in [5.74, 6) is 0.115. The van der Waals surface area contributed by atoms with Crippen molar-refractivity contribution in [3.05, 3.63) is 58.7 Å². The molecule has 0 aromatic heterocycles. The molecule has 0 bridgehead atoms. The summed E-state index contributed by atoms with van der Waals surface area (Å²) in [7, 11) is 0. The average molecular weight is 367 g/mol. The maximum Gasteiger partial charge on any atom is 0.282 e. The van der Waals surface area contributed by atoms with E-state index in [1.165, 1.54) is 21.7 Å². The van der Waals surface area contributed by atoms with Crippen LogP contribution in [0.15, 0.2) is 36.4 Å². The lowest BCUT2D eigenvalue weighted by Crippen LogP contribution is -3.19. The van der Waals surface area contributed by atoms with Crippen molar-refractivity contribution in [1.29, 1.82) is 0 Å². The number of hydrogen-bond donors (Lipinski definition) is 2. The fourth-order valence-electron chi connectivity index (χ4n) is 4.18. The number of carbonyl (C=O) groups excluding carboxylic acids is 1. The predicted molar refractivity (Wildman–Crippen MR) is 113 cm³/mol. The number of anilines is 2. The first-order valence-electron chi connectivity index (χ1n) is 9.90. The number of amides is 1. The number of rotatable bonds is 4. The standard InChI is InChI=1S/C23H31N3O/c1-16-14-18(3)22(19(4)15-16)24-23(27)20(5)25-10-12-26(13-11-25)21-9-7-6-8-17(21)2/h6-9,14-15,20H,10-13H2,1-5H3,(H,24,27)/p+1/t20-/m0/s1. The predicted octanol–water partition coefficient (Wildman–Crippen LogP) is 2.65. The van der Waals surface area contributed by atoms with Crippen LogP contribution >= 0.6 is 0 Å². The van der Waals surface area contributed by atoms with E-state index < -0.39 is 0 Å². The molecule has 0 saturated carbocycles. The summed E-state index contributed by atoms with van der Waals surface area (Å²) < 4.78 is 0. The zero-order valence-corrected chi connectivity index (χ0v) is 17.2. The van der Waals surface area contributed by atoms with Gasteiger partial charge in [-0.05, 0) is 57.4 Å². The molecule has 4 heteroatoms. The highest BCUT2D eigenvalue weighted by Crippen LogP contribution is 2.22. The second-order valence-electron chi connectivity index (χ2n) is 7.92. The number of nitrogens with one attached hydrogen (secondary N) is 2. The number of piperazine rings is 1. The SMILES string of the molecule is Cc1cc(C)c(NC(=O)[C@H](C)[NH+]2CCN(c3ccccc3C)CC2)c(C)c1. The molecule has 1 atom stereocenters. The van der Waals surface area contributed by atoms with Gasteiger partial charge in [-0.25, -0.2) is 0 Å². The molecule has 0 unspecified atom stereocenters. The zero-order chi connectivity index (χ0) is 19.6. The van der Waals surface area contributed by atoms with Crippen molar-refractivity contribution in [2.45, 2.75) is 40.7 Å². The Bertz CT molecular complexity index is 799. The molecule has 1 heterocycles. The smallest absolute Gasteiger partial charge is 0.282 e. The molecule has 3 rings (SSSR count). The van der Waals surface area contributed by atoms with E-state index in [0.29, 0.717) is 0 Å². The van der Waals surface area contributed by atoms with Gasteiger partial charge in [0.25, 0.3) is 5.91 Å². The molecule has 2 aromatic rings. The molecular weight excluding hydrogens is 334 g/mol. The van der Waals surface area contributed by atoms with Crippen molar-refractivity contribution < 1.29 is 9.69 Å². The zero-order valence-electron chi connectivity index (χ0n) is 17.2. The van der Waals surface area contributed by atoms with Gasteiger partial charge in [-0.1, -0.05) is 35.9 Å². The van der Waals surface area contributed by atoms with Gasteiger partial charge in [0.2, 0.25) is 0 Å². The van der Waals surface area contributed by atoms with Gasteiger partial charge in [-0.15, -0.1) is 0 Å². The van der Waals surface area contributed by atoms with Gasteiger partial charge in [0.05, 0.1) is 26.2 Å². The summed E-state index contributed by atoms with van der Waals surface area (Å²) in [5, 5.41) is 3.18. The molecular formula is C23H32N3O+. The number of aryl methyl sites for hydroxylation is 4. The molecule has 0 spiro atoms. The quantitative estimate of drug-likeness (QED) is 0.873. The fourth-order valence-corrected chi connectivity index (χ4v) is 4.18. The fraction of sp³-hybridized carbons (Fsp3) is 0.435. The maximum absolute atomic E-state index is 12.9. The third-order valence-corrected chi connectivity index (χ3v) is 5.79. The third-order valence-electron chi connectivity index (χ3n) is 5.79. The first-order chi connectivity index (χ1) is 12.9. The van der Waals surface area contributed by atoms with Crippen LogP contribution in [0.25, 0.3) is 0 Å². The lowest BCUT2D eigenvalue weighted by Gasteiger charge is -2.36. The van der Waals surface area contributed by atoms with Gasteiger partial charge < -0.3 is 15.1 Å². The van der Waals surface area contributed by atoms with Crippen molar-refractivity contribution in [3.8, 4) is 0 Å². The van der Waals surface area contributed by atoms with Crippen LogP contribution in [0.1, 0.15) is 29.2 Å². The van der Waals surface area contributed by atoms with E-state index in [1.54, 1.807) is 0 Å². The molecule has 2 N–H and O–H groups in total. The van der Waals surface area contributed by atoms with Crippen LogP contribution in [0.2, 0.25) is 0 Å². The highest BCUT2D eigenvalue weighted by Gasteiger charge is 2.30. The Labute approximate surface area is 163 Å². The van der Waals surface area contributed by atoms with Crippen molar-refractivity contribution in [1.82, 2.24) is 0 Å². The lowest BCUT2D eigenvalue weighted by molar-refractivity contribution is -0.914. The van der Waals surface area contributed by atoms with Gasteiger partial charge >= 0.3 is 0 Å². The van der Waals surface area contributed by atoms with Crippen LogP contribution in [-0.2, 0) is 4.79 Å². The van der Waals surface area contributed by atoms with E-state index in [4.69, 9.17) is 0 Å². The van der Waals surface area contributed by atoms with E-state index in [1.807, 2.05) is 6.92 Å². The topological polar surface area (TPSA) is 36.8 Å². The van der Waals surface area contributed by atoms with Crippen molar-refractivity contribution in [2.24, 2.45) is 0 Å². The number of hydrogen-bond acceptors (Lipinski definition) is 2. The number of carbonyl (C=O) groups is 1. The van der Waals surface area contributed by atoms with Gasteiger partial charge in [0.15, 0.2) is 6.04 Å². The molecule has 1 saturated heterocycles. The van der Waals surface area contributed by atoms with Crippen molar-refractivity contribution in [2.75, 3.05) is 36.4 Å². The minimum absolute atomic E-state index is 0.0517. The summed E-state index contributed by atoms with van der Waals surface area (Å²) in [4.78, 5) is 16.7. The first kappa shape index (κ1) is 19.4. The van der Waals surface area contributed by atoms with E-state index in [9.17, 15) is 4.79 Å². The van der Waals surface area contributed by atoms with Crippen LogP contribution in [0.5, 0.6) is 0 Å². The van der Waals surface area contributed by atoms with Crippen LogP contribution in [-0.4, -0.2) is 38.1 Å². The molecule has 1 fully saturated rings. The lowest BCUT2D eigenvalue weighted by atomic mass is 10.0. The summed E-state index contributed by atoms with van der Waals surface area (Å²) in [5.41, 5.74) is 7.10. The molecule has 1 aliphatic heterocycles. The second-order valence-corrected chi connectivity index (χ2v) is 7.92. The Hall–Kier alpha value is -2.33. The summed E-state index contributed by atoms with van der Waals surface area (Å²) in [6, 6.07) is 12.7. The number of nitrogens with zero attached hydrogens (tertiary/aromatic N) is 1. The van der Waals surface area contributed by atoms with Crippen molar-refractivity contribution >= 4 is 17.3 Å². The summed E-state index contributed by atoms with van der Waals surface area (Å²) in [6.45, 7) is 14.4. The molecule has 27 heavy (non-hydrogen) atoms. The largest absolute Gasteiger partial charge is 0.360 e. The Morgan fingerprint density at radius 3 is 2.19 bits per heavy atom. The number of para-hydroxylation sites is 1. The molecule has 0 aliphatic carbocycles. The Morgan fingerprint density at radius 2 is 1.59 bits per heavy atom. The second kappa shape index (κ2) is 8.13. The normalized spacial score (nSPS) is 16.3. The average Bonchev–Trinajstić information content (AvgIpc) is 2.64. The highest BCUT2D eigenvalue weighted by molar-refractivity contribution is 5.95. The van der Waals surface area contributed by atoms with E-state index in [0.717, 1.165) is 43.0 Å². The van der Waals surface area contributed by atoms with Gasteiger partial charge in [-0.3, -0.25) is 4.79 Å². The van der Waals surface area contributed by atoms with E-state index in [-0.39, 0.29) is 11.9 Å². The molecule has 2 aromatic carbocycles. The minimum atomic E-state index is -0.0517. The summed E-state index contributed by atoms with van der Waals surface area (Å²) >= 11 is 0. The highest BCUT2D eigenvalue weighted by atomic mass is 16.2. The Morgan fingerprint density at radius 1 is 1.00 bits per heavy atom. The Kier molecular flexibility index (Phi) is 5.85. The minimum Gasteiger partial charge on any atom is -0.360 e. The van der Waals surface area contributed by atoms with Crippen LogP contribution in [0, 0.1) is 27.7 Å². The molecule has 1 aliphatic rings. The van der Waals surface area contributed by atoms with Gasteiger partial charge in [0.1, 0.15) is 0 Å². The summed E-state index contributed by atoms with van der Waals surface area (Å²) in [6.07, 6.45) is 0. The number of quaternary nitrogens is 1. The van der Waals surface area contributed by atoms with E-state index >= 15 is 0 Å². The molecule has 144 valence electrons. The maximum atomic E-state index is 12.9. The molecule has 4 nitrogen and oxygen atoms in total. The van der Waals surface area contributed by atoms with Gasteiger partial charge in [0, 0.05) is 11.4 Å². The number of benzene rings is 2. The van der Waals surface area contributed by atoms with Crippen LogP contribution < -0.4 is 15.1 Å². The Balaban J connectivity index is 1.61. The third kappa shape index (κ3) is 4.33. The van der Waals surface area contributed by atoms with Crippen LogP contribution in [0.3, 0.4) is 0 Å². The van der Waals surface area contributed by atoms with E-state index in [2.05, 4.69) is 74.3 Å². The molecule has 1 amide bonds. The van der Waals surface area contributed by atoms with Gasteiger partial charge in [-0.2, -0.15) is 0 Å².